The van der Waals surface area contributed by atoms with E-state index < -0.39 is 0 Å². The summed E-state index contributed by atoms with van der Waals surface area (Å²) in [7, 11) is 1.91. The highest BCUT2D eigenvalue weighted by molar-refractivity contribution is 5.48. The van der Waals surface area contributed by atoms with Crippen molar-refractivity contribution in [1.29, 1.82) is 0 Å². The highest BCUT2D eigenvalue weighted by atomic mass is 16.5. The quantitative estimate of drug-likeness (QED) is 0.689. The lowest BCUT2D eigenvalue weighted by Gasteiger charge is -2.39. The smallest absolute Gasteiger partial charge is 0.138 e. The van der Waals surface area contributed by atoms with Crippen molar-refractivity contribution in [3.8, 4) is 0 Å². The van der Waals surface area contributed by atoms with Crippen LogP contribution >= 0.6 is 0 Å². The van der Waals surface area contributed by atoms with Crippen LogP contribution in [-0.2, 0) is 10.2 Å². The van der Waals surface area contributed by atoms with Crippen molar-refractivity contribution in [3.63, 3.8) is 0 Å². The molecule has 9 heteroatoms. The van der Waals surface area contributed by atoms with Crippen molar-refractivity contribution in [1.82, 2.24) is 24.8 Å². The Morgan fingerprint density at radius 1 is 1.10 bits per heavy atom. The molecule has 1 unspecified atom stereocenters. The maximum atomic E-state index is 5.43. The molecule has 0 bridgehead atoms. The fourth-order valence-electron chi connectivity index (χ4n) is 4.44. The van der Waals surface area contributed by atoms with E-state index in [0.717, 1.165) is 94.3 Å². The molecule has 31 heavy (non-hydrogen) atoms. The van der Waals surface area contributed by atoms with Crippen LogP contribution in [0, 0.1) is 6.92 Å². The van der Waals surface area contributed by atoms with Crippen molar-refractivity contribution < 1.29 is 4.74 Å². The molecule has 0 amide bonds. The number of ether oxygens (including phenoxy) is 1. The highest BCUT2D eigenvalue weighted by Crippen LogP contribution is 2.32. The van der Waals surface area contributed by atoms with Gasteiger partial charge in [0.15, 0.2) is 0 Å². The fourth-order valence-corrected chi connectivity index (χ4v) is 4.44. The maximum absolute atomic E-state index is 5.43. The molecule has 1 atom stereocenters. The molecule has 9 nitrogen and oxygen atoms in total. The van der Waals surface area contributed by atoms with E-state index in [1.54, 1.807) is 6.33 Å². The Balaban J connectivity index is 1.34. The summed E-state index contributed by atoms with van der Waals surface area (Å²) in [5.74, 6) is 3.67. The zero-order valence-corrected chi connectivity index (χ0v) is 18.9. The van der Waals surface area contributed by atoms with Crippen LogP contribution in [0.2, 0.25) is 0 Å². The van der Waals surface area contributed by atoms with Gasteiger partial charge in [-0.05, 0) is 26.3 Å². The Hall–Kier alpha value is -2.52. The number of piperidine rings is 1. The topological polar surface area (TPSA) is 91.3 Å². The SMILES string of the molecule is CNc1cc(C)nc(C2(C)CCCN(CCNc3cc(N4CCOCC4)ncn3)C2)n1. The van der Waals surface area contributed by atoms with Crippen LogP contribution < -0.4 is 15.5 Å². The second-order valence-electron chi connectivity index (χ2n) is 8.70. The van der Waals surface area contributed by atoms with Crippen LogP contribution in [0.3, 0.4) is 0 Å². The van der Waals surface area contributed by atoms with Gasteiger partial charge in [-0.2, -0.15) is 0 Å². The molecule has 2 N–H and O–H groups in total. The van der Waals surface area contributed by atoms with Crippen molar-refractivity contribution in [2.75, 3.05) is 75.1 Å². The third-order valence-electron chi connectivity index (χ3n) is 6.15. The van der Waals surface area contributed by atoms with E-state index in [2.05, 4.69) is 37.3 Å². The summed E-state index contributed by atoms with van der Waals surface area (Å²) in [6, 6.07) is 4.02. The van der Waals surface area contributed by atoms with E-state index in [1.165, 1.54) is 0 Å². The number of aromatic nitrogens is 4. The Morgan fingerprint density at radius 3 is 2.74 bits per heavy atom. The van der Waals surface area contributed by atoms with Crippen LogP contribution in [-0.4, -0.2) is 84.4 Å². The fraction of sp³-hybridized carbons (Fsp3) is 0.636. The van der Waals surface area contributed by atoms with Crippen LogP contribution in [0.1, 0.15) is 31.3 Å². The summed E-state index contributed by atoms with van der Waals surface area (Å²) in [5.41, 5.74) is 0.975. The number of likely N-dealkylation sites (tertiary alicyclic amines) is 1. The number of hydrogen-bond donors (Lipinski definition) is 2. The minimum Gasteiger partial charge on any atom is -0.378 e. The van der Waals surface area contributed by atoms with Crippen LogP contribution in [0.4, 0.5) is 17.5 Å². The Labute approximate surface area is 184 Å². The summed E-state index contributed by atoms with van der Waals surface area (Å²) < 4.78 is 5.43. The van der Waals surface area contributed by atoms with Gasteiger partial charge in [0.25, 0.3) is 0 Å². The highest BCUT2D eigenvalue weighted by Gasteiger charge is 2.35. The van der Waals surface area contributed by atoms with E-state index >= 15 is 0 Å². The van der Waals surface area contributed by atoms with Gasteiger partial charge in [-0.25, -0.2) is 19.9 Å². The largest absolute Gasteiger partial charge is 0.378 e. The van der Waals surface area contributed by atoms with Gasteiger partial charge >= 0.3 is 0 Å². The predicted molar refractivity (Wildman–Crippen MR) is 123 cm³/mol. The summed E-state index contributed by atoms with van der Waals surface area (Å²) >= 11 is 0. The Bertz CT molecular complexity index is 872. The molecule has 168 valence electrons. The second kappa shape index (κ2) is 9.74. The standard InChI is InChI=1S/C22H34N8O/c1-17-13-18(23-3)28-21(27-17)22(2)5-4-7-29(15-22)8-6-24-19-14-20(26-16-25-19)30-9-11-31-12-10-30/h13-14,16H,4-12,15H2,1-3H3,(H,23,27,28)(H,24,25,26). The summed E-state index contributed by atoms with van der Waals surface area (Å²) in [4.78, 5) is 23.1. The van der Waals surface area contributed by atoms with Crippen LogP contribution in [0.25, 0.3) is 0 Å². The molecule has 0 saturated carbocycles. The zero-order valence-electron chi connectivity index (χ0n) is 18.9. The number of aryl methyl sites for hydroxylation is 1. The van der Waals surface area contributed by atoms with E-state index in [9.17, 15) is 0 Å². The van der Waals surface area contributed by atoms with Crippen molar-refractivity contribution in [3.05, 3.63) is 30.0 Å². The van der Waals surface area contributed by atoms with Crippen LogP contribution in [0.15, 0.2) is 18.5 Å². The van der Waals surface area contributed by atoms with Gasteiger partial charge in [-0.1, -0.05) is 6.92 Å². The first-order valence-electron chi connectivity index (χ1n) is 11.2. The van der Waals surface area contributed by atoms with E-state index in [4.69, 9.17) is 14.7 Å². The molecular formula is C22H34N8O. The first-order valence-corrected chi connectivity index (χ1v) is 11.2. The predicted octanol–water partition coefficient (Wildman–Crippen LogP) is 1.92. The van der Waals surface area contributed by atoms with Crippen molar-refractivity contribution in [2.45, 2.75) is 32.1 Å². The van der Waals surface area contributed by atoms with Crippen molar-refractivity contribution in [2.24, 2.45) is 0 Å². The average Bonchev–Trinajstić information content (AvgIpc) is 2.79. The monoisotopic (exact) mass is 426 g/mol. The summed E-state index contributed by atoms with van der Waals surface area (Å²) in [6.07, 6.45) is 3.90. The molecule has 0 radical (unpaired) electrons. The molecule has 0 aromatic carbocycles. The van der Waals surface area contributed by atoms with Gasteiger partial charge in [0.05, 0.1) is 13.2 Å². The lowest BCUT2D eigenvalue weighted by Crippen LogP contribution is -2.46. The first-order chi connectivity index (χ1) is 15.1. The van der Waals surface area contributed by atoms with Gasteiger partial charge < -0.3 is 25.2 Å². The molecule has 2 aromatic rings. The molecule has 4 heterocycles. The second-order valence-corrected chi connectivity index (χ2v) is 8.70. The molecule has 2 aromatic heterocycles. The summed E-state index contributed by atoms with van der Waals surface area (Å²) in [5, 5.41) is 6.63. The van der Waals surface area contributed by atoms with E-state index in [1.807, 2.05) is 26.1 Å². The molecule has 0 spiro atoms. The number of anilines is 3. The molecule has 2 aliphatic heterocycles. The normalized spacial score (nSPS) is 22.4. The summed E-state index contributed by atoms with van der Waals surface area (Å²) in [6.45, 7) is 11.4. The molecule has 0 aliphatic carbocycles. The Kier molecular flexibility index (Phi) is 6.82. The first kappa shape index (κ1) is 21.7. The van der Waals surface area contributed by atoms with E-state index in [-0.39, 0.29) is 5.41 Å². The van der Waals surface area contributed by atoms with Crippen LogP contribution in [0.5, 0.6) is 0 Å². The number of hydrogen-bond acceptors (Lipinski definition) is 9. The minimum atomic E-state index is -0.0334. The lowest BCUT2D eigenvalue weighted by molar-refractivity contribution is 0.122. The average molecular weight is 427 g/mol. The van der Waals surface area contributed by atoms with Gasteiger partial charge in [0.2, 0.25) is 0 Å². The minimum absolute atomic E-state index is 0.0334. The molecule has 2 aliphatic rings. The van der Waals surface area contributed by atoms with Crippen molar-refractivity contribution >= 4 is 17.5 Å². The van der Waals surface area contributed by atoms with Gasteiger partial charge in [0.1, 0.15) is 29.6 Å². The van der Waals surface area contributed by atoms with Gasteiger partial charge in [-0.15, -0.1) is 0 Å². The van der Waals surface area contributed by atoms with E-state index in [0.29, 0.717) is 0 Å². The number of rotatable bonds is 7. The molecule has 2 fully saturated rings. The third-order valence-corrected chi connectivity index (χ3v) is 6.15. The Morgan fingerprint density at radius 2 is 1.94 bits per heavy atom. The zero-order chi connectivity index (χ0) is 21.7. The number of nitrogens with zero attached hydrogens (tertiary/aromatic N) is 6. The third kappa shape index (κ3) is 5.40. The molecule has 4 rings (SSSR count). The number of nitrogens with one attached hydrogen (secondary N) is 2. The molecular weight excluding hydrogens is 392 g/mol. The lowest BCUT2D eigenvalue weighted by atomic mass is 9.81. The van der Waals surface area contributed by atoms with Gasteiger partial charge in [-0.3, -0.25) is 0 Å². The number of morpholine rings is 1. The van der Waals surface area contributed by atoms with Gasteiger partial charge in [0, 0.05) is 63.0 Å². The maximum Gasteiger partial charge on any atom is 0.138 e. The molecule has 2 saturated heterocycles.